The maximum atomic E-state index is 16.2. The highest BCUT2D eigenvalue weighted by Crippen LogP contribution is 2.35. The second-order valence-corrected chi connectivity index (χ2v) is 9.74. The predicted octanol–water partition coefficient (Wildman–Crippen LogP) is 3.40. The number of nitrogen functional groups attached to an aromatic ring is 1. The average Bonchev–Trinajstić information content (AvgIpc) is 3.62. The van der Waals surface area contributed by atoms with Gasteiger partial charge in [-0.2, -0.15) is 10.2 Å². The molecule has 198 valence electrons. The summed E-state index contributed by atoms with van der Waals surface area (Å²) in [5, 5.41) is 12.9. The van der Waals surface area contributed by atoms with Crippen molar-refractivity contribution in [3.05, 3.63) is 71.4 Å². The van der Waals surface area contributed by atoms with Crippen LogP contribution in [0.5, 0.6) is 0 Å². The lowest BCUT2D eigenvalue weighted by Crippen LogP contribution is -2.36. The number of primary amides is 1. The minimum atomic E-state index is -0.828. The van der Waals surface area contributed by atoms with Crippen molar-refractivity contribution in [1.29, 1.82) is 0 Å². The Morgan fingerprint density at radius 1 is 1.10 bits per heavy atom. The zero-order valence-electron chi connectivity index (χ0n) is 21.0. The summed E-state index contributed by atoms with van der Waals surface area (Å²) in [6.45, 7) is 0.706. The van der Waals surface area contributed by atoms with Crippen molar-refractivity contribution in [1.82, 2.24) is 25.3 Å². The number of anilines is 1. The Morgan fingerprint density at radius 3 is 2.64 bits per heavy atom. The lowest BCUT2D eigenvalue weighted by molar-refractivity contribution is 0.0996. The first-order valence-electron chi connectivity index (χ1n) is 12.1. The van der Waals surface area contributed by atoms with Gasteiger partial charge in [-0.3, -0.25) is 4.79 Å². The number of rotatable bonds is 6. The smallest absolute Gasteiger partial charge is 0.269 e. The number of nitrogens with zero attached hydrogens (tertiary/aromatic N) is 5. The van der Waals surface area contributed by atoms with Gasteiger partial charge in [0, 0.05) is 35.2 Å². The van der Waals surface area contributed by atoms with Crippen molar-refractivity contribution in [3.63, 3.8) is 0 Å². The second-order valence-electron chi connectivity index (χ2n) is 9.74. The second kappa shape index (κ2) is 9.17. The summed E-state index contributed by atoms with van der Waals surface area (Å²) in [4.78, 5) is 14.2. The number of likely N-dealkylation sites (N-methyl/N-ethyl adjacent to an activating group) is 1. The number of nitrogens with two attached hydrogens (primary N) is 2. The monoisotopic (exact) mass is 530 g/mol. The first kappa shape index (κ1) is 24.5. The Kier molecular flexibility index (Phi) is 5.76. The van der Waals surface area contributed by atoms with Crippen LogP contribution in [-0.2, 0) is 0 Å². The third kappa shape index (κ3) is 4.05. The lowest BCUT2D eigenvalue weighted by Gasteiger charge is -2.22. The minimum Gasteiger partial charge on any atom is -0.380 e. The van der Waals surface area contributed by atoms with E-state index in [0.717, 1.165) is 5.56 Å². The average molecular weight is 531 g/mol. The molecule has 39 heavy (non-hydrogen) atoms. The van der Waals surface area contributed by atoms with Gasteiger partial charge in [0.05, 0.1) is 17.1 Å². The largest absolute Gasteiger partial charge is 0.380 e. The standard InChI is InChI=1S/C27H24F2N8O2/c1-36(2)12-21-19(11-32-33-21)13-3-5-15(20(28)9-13)16-6-7-17-24(27(31)38)34-37(25(17)23(16)29)14-4-8-22-18(10-14)26(30)35-39-22/h3-11,19,21,33H,12H2,1-2H3,(H2,30,35)(H2,31,38). The highest BCUT2D eigenvalue weighted by molar-refractivity contribution is 6.05. The van der Waals surface area contributed by atoms with Crippen molar-refractivity contribution in [3.8, 4) is 16.8 Å². The molecule has 1 aliphatic rings. The van der Waals surface area contributed by atoms with E-state index < -0.39 is 17.5 Å². The molecule has 3 aromatic carbocycles. The molecule has 3 heterocycles. The number of hydrazone groups is 1. The zero-order valence-corrected chi connectivity index (χ0v) is 21.0. The van der Waals surface area contributed by atoms with E-state index in [4.69, 9.17) is 16.0 Å². The summed E-state index contributed by atoms with van der Waals surface area (Å²) >= 11 is 0. The maximum Gasteiger partial charge on any atom is 0.269 e. The summed E-state index contributed by atoms with van der Waals surface area (Å²) in [5.41, 5.74) is 16.0. The molecule has 10 nitrogen and oxygen atoms in total. The summed E-state index contributed by atoms with van der Waals surface area (Å²) in [5.74, 6) is -2.16. The number of hydrogen-bond acceptors (Lipinski definition) is 8. The van der Waals surface area contributed by atoms with Gasteiger partial charge >= 0.3 is 0 Å². The first-order valence-corrected chi connectivity index (χ1v) is 12.1. The zero-order chi connectivity index (χ0) is 27.4. The number of hydrogen-bond donors (Lipinski definition) is 3. The van der Waals surface area contributed by atoms with E-state index in [1.54, 1.807) is 36.5 Å². The van der Waals surface area contributed by atoms with Crippen LogP contribution in [0, 0.1) is 11.6 Å². The van der Waals surface area contributed by atoms with Gasteiger partial charge in [-0.1, -0.05) is 23.4 Å². The molecule has 2 aromatic heterocycles. The van der Waals surface area contributed by atoms with Gasteiger partial charge in [0.2, 0.25) is 0 Å². The summed E-state index contributed by atoms with van der Waals surface area (Å²) in [7, 11) is 3.90. The normalized spacial score (nSPS) is 16.9. The van der Waals surface area contributed by atoms with E-state index in [0.29, 0.717) is 23.2 Å². The van der Waals surface area contributed by atoms with Crippen LogP contribution in [0.1, 0.15) is 22.0 Å². The Bertz CT molecular complexity index is 1790. The van der Waals surface area contributed by atoms with Crippen LogP contribution in [0.4, 0.5) is 14.6 Å². The molecule has 0 bridgehead atoms. The van der Waals surface area contributed by atoms with Gasteiger partial charge in [0.1, 0.15) is 11.3 Å². The molecule has 0 aliphatic carbocycles. The number of carbonyl (C=O) groups is 1. The quantitative estimate of drug-likeness (QED) is 0.306. The van der Waals surface area contributed by atoms with Crippen LogP contribution >= 0.6 is 0 Å². The van der Waals surface area contributed by atoms with Crippen LogP contribution in [0.25, 0.3) is 38.7 Å². The van der Waals surface area contributed by atoms with Crippen molar-refractivity contribution in [2.45, 2.75) is 12.0 Å². The fourth-order valence-electron chi connectivity index (χ4n) is 5.05. The number of halogens is 2. The van der Waals surface area contributed by atoms with E-state index in [1.165, 1.54) is 22.9 Å². The molecule has 1 amide bonds. The summed E-state index contributed by atoms with van der Waals surface area (Å²) in [6, 6.07) is 12.5. The van der Waals surface area contributed by atoms with Crippen LogP contribution in [0.3, 0.4) is 0 Å². The number of amides is 1. The Morgan fingerprint density at radius 2 is 1.90 bits per heavy atom. The van der Waals surface area contributed by atoms with Gasteiger partial charge in [0.15, 0.2) is 22.9 Å². The summed E-state index contributed by atoms with van der Waals surface area (Å²) in [6.07, 6.45) is 1.75. The fraction of sp³-hybridized carbons (Fsp3) is 0.185. The molecule has 6 rings (SSSR count). The van der Waals surface area contributed by atoms with Crippen LogP contribution in [0.15, 0.2) is 58.2 Å². The highest BCUT2D eigenvalue weighted by atomic mass is 19.1. The molecule has 0 saturated heterocycles. The third-order valence-corrected chi connectivity index (χ3v) is 6.88. The van der Waals surface area contributed by atoms with Gasteiger partial charge in [0.25, 0.3) is 5.91 Å². The number of fused-ring (bicyclic) bond motifs is 2. The molecule has 12 heteroatoms. The molecule has 0 spiro atoms. The van der Waals surface area contributed by atoms with E-state index in [-0.39, 0.29) is 45.5 Å². The molecule has 0 saturated carbocycles. The molecular formula is C27H24F2N8O2. The molecule has 5 aromatic rings. The van der Waals surface area contributed by atoms with Crippen LogP contribution in [0.2, 0.25) is 0 Å². The van der Waals surface area contributed by atoms with Gasteiger partial charge < -0.3 is 26.3 Å². The topological polar surface area (TPSA) is 141 Å². The molecule has 2 unspecified atom stereocenters. The summed E-state index contributed by atoms with van der Waals surface area (Å²) < 4.78 is 38.2. The molecular weight excluding hydrogens is 506 g/mol. The van der Waals surface area contributed by atoms with E-state index in [1.807, 2.05) is 19.0 Å². The third-order valence-electron chi connectivity index (χ3n) is 6.88. The highest BCUT2D eigenvalue weighted by Gasteiger charge is 2.28. The van der Waals surface area contributed by atoms with Crippen LogP contribution < -0.4 is 16.9 Å². The first-order chi connectivity index (χ1) is 18.7. The van der Waals surface area contributed by atoms with Crippen molar-refractivity contribution in [2.24, 2.45) is 10.8 Å². The Labute approximate surface area is 220 Å². The SMILES string of the molecule is CN(C)CC1NN=CC1c1ccc(-c2ccc3c(C(N)=O)nn(-c4ccc5onc(N)c5c4)c3c2F)c(F)c1. The van der Waals surface area contributed by atoms with E-state index in [9.17, 15) is 4.79 Å². The molecule has 0 radical (unpaired) electrons. The molecule has 5 N–H and O–H groups in total. The number of aromatic nitrogens is 3. The number of nitrogens with one attached hydrogen (secondary N) is 1. The maximum absolute atomic E-state index is 16.2. The molecule has 0 fully saturated rings. The van der Waals surface area contributed by atoms with E-state index in [2.05, 4.69) is 20.8 Å². The number of benzene rings is 3. The van der Waals surface area contributed by atoms with Gasteiger partial charge in [-0.25, -0.2) is 13.5 Å². The molecule has 1 aliphatic heterocycles. The Hall–Kier alpha value is -4.84. The van der Waals surface area contributed by atoms with Crippen LogP contribution in [-0.4, -0.2) is 58.6 Å². The van der Waals surface area contributed by atoms with E-state index >= 15 is 8.78 Å². The fourth-order valence-corrected chi connectivity index (χ4v) is 5.05. The van der Waals surface area contributed by atoms with Crippen molar-refractivity contribution in [2.75, 3.05) is 26.4 Å². The Balaban J connectivity index is 1.47. The van der Waals surface area contributed by atoms with Gasteiger partial charge in [-0.05, 0) is 50.0 Å². The van der Waals surface area contributed by atoms with Crippen molar-refractivity contribution >= 4 is 39.8 Å². The number of carbonyl (C=O) groups excluding carboxylic acids is 1. The predicted molar refractivity (Wildman–Crippen MR) is 144 cm³/mol. The van der Waals surface area contributed by atoms with Crippen molar-refractivity contribution < 1.29 is 18.1 Å². The minimum absolute atomic E-state index is 0.0114. The lowest BCUT2D eigenvalue weighted by atomic mass is 9.91. The molecule has 2 atom stereocenters. The van der Waals surface area contributed by atoms with Gasteiger partial charge in [-0.15, -0.1) is 0 Å².